The maximum atomic E-state index is 12.3. The highest BCUT2D eigenvalue weighted by atomic mass is 35.5. The van der Waals surface area contributed by atoms with E-state index in [-0.39, 0.29) is 22.9 Å². The van der Waals surface area contributed by atoms with Gasteiger partial charge in [-0.15, -0.1) is 0 Å². The molecule has 5 nitrogen and oxygen atoms in total. The second-order valence-corrected chi connectivity index (χ2v) is 7.14. The summed E-state index contributed by atoms with van der Waals surface area (Å²) in [6.07, 6.45) is 1.76. The van der Waals surface area contributed by atoms with Gasteiger partial charge in [0.15, 0.2) is 0 Å². The van der Waals surface area contributed by atoms with Gasteiger partial charge in [0, 0.05) is 21.8 Å². The Morgan fingerprint density at radius 2 is 1.81 bits per heavy atom. The lowest BCUT2D eigenvalue weighted by Gasteiger charge is -2.13. The zero-order valence-electron chi connectivity index (χ0n) is 14.0. The van der Waals surface area contributed by atoms with Gasteiger partial charge in [0.2, 0.25) is 5.91 Å². The number of carbonyl (C=O) groups is 1. The maximum absolute atomic E-state index is 12.3. The first-order valence-electron chi connectivity index (χ1n) is 7.91. The molecule has 0 aliphatic rings. The molecule has 3 rings (SSSR count). The predicted molar refractivity (Wildman–Crippen MR) is 111 cm³/mol. The number of halogens is 2. The van der Waals surface area contributed by atoms with Crippen LogP contribution in [-0.4, -0.2) is 10.5 Å². The van der Waals surface area contributed by atoms with Crippen LogP contribution in [0.1, 0.15) is 5.56 Å². The molecule has 1 heterocycles. The van der Waals surface area contributed by atoms with E-state index in [1.165, 1.54) is 10.6 Å². The summed E-state index contributed by atoms with van der Waals surface area (Å²) < 4.78 is 1.41. The van der Waals surface area contributed by atoms with Gasteiger partial charge in [-0.3, -0.25) is 19.3 Å². The van der Waals surface area contributed by atoms with E-state index in [9.17, 15) is 9.59 Å². The van der Waals surface area contributed by atoms with Crippen LogP contribution < -0.4 is 16.0 Å². The predicted octanol–water partition coefficient (Wildman–Crippen LogP) is 4.29. The summed E-state index contributed by atoms with van der Waals surface area (Å²) in [5, 5.41) is 9.23. The van der Waals surface area contributed by atoms with Crippen LogP contribution in [0.25, 0.3) is 5.69 Å². The third kappa shape index (κ3) is 4.54. The standard InChI is InChI=1S/C19H15Cl2N3O2S/c20-14-5-2-1-4-12(14)10-18(25)23-13-7-8-16(17(11-13)27-22)24-9-3-6-15(21)19(24)26/h1-9,11H,10,22H2,(H,23,25). The highest BCUT2D eigenvalue weighted by Crippen LogP contribution is 2.26. The Morgan fingerprint density at radius 1 is 1.07 bits per heavy atom. The number of nitrogens with zero attached hydrogens (tertiary/aromatic N) is 1. The van der Waals surface area contributed by atoms with Crippen molar-refractivity contribution in [2.45, 2.75) is 11.3 Å². The van der Waals surface area contributed by atoms with Gasteiger partial charge in [-0.2, -0.15) is 0 Å². The van der Waals surface area contributed by atoms with Crippen molar-refractivity contribution < 1.29 is 4.79 Å². The highest BCUT2D eigenvalue weighted by molar-refractivity contribution is 7.97. The van der Waals surface area contributed by atoms with E-state index < -0.39 is 0 Å². The molecule has 1 aromatic heterocycles. The number of anilines is 1. The van der Waals surface area contributed by atoms with E-state index in [0.29, 0.717) is 21.3 Å². The van der Waals surface area contributed by atoms with Crippen LogP contribution in [-0.2, 0) is 11.2 Å². The van der Waals surface area contributed by atoms with Crippen LogP contribution in [0, 0.1) is 0 Å². The number of carbonyl (C=O) groups excluding carboxylic acids is 1. The van der Waals surface area contributed by atoms with E-state index in [0.717, 1.165) is 17.5 Å². The summed E-state index contributed by atoms with van der Waals surface area (Å²) in [5.74, 6) is -0.205. The molecule has 27 heavy (non-hydrogen) atoms. The Labute approximate surface area is 170 Å². The van der Waals surface area contributed by atoms with Crippen LogP contribution in [0.4, 0.5) is 5.69 Å². The molecule has 0 bridgehead atoms. The van der Waals surface area contributed by atoms with E-state index in [1.54, 1.807) is 42.6 Å². The van der Waals surface area contributed by atoms with E-state index in [1.807, 2.05) is 12.1 Å². The largest absolute Gasteiger partial charge is 0.326 e. The van der Waals surface area contributed by atoms with E-state index in [4.69, 9.17) is 28.3 Å². The summed E-state index contributed by atoms with van der Waals surface area (Å²) in [7, 11) is 0. The van der Waals surface area contributed by atoms with Gasteiger partial charge in [0.05, 0.1) is 12.1 Å². The lowest BCUT2D eigenvalue weighted by molar-refractivity contribution is -0.115. The third-order valence-corrected chi connectivity index (χ3v) is 5.08. The Hall–Kier alpha value is -2.25. The molecule has 0 atom stereocenters. The minimum atomic E-state index is -0.343. The van der Waals surface area contributed by atoms with Crippen LogP contribution >= 0.6 is 35.1 Å². The fraction of sp³-hybridized carbons (Fsp3) is 0.0526. The number of nitrogens with two attached hydrogens (primary N) is 1. The molecule has 0 aliphatic carbocycles. The summed E-state index contributed by atoms with van der Waals surface area (Å²) >= 11 is 13.0. The average molecular weight is 420 g/mol. The maximum Gasteiger partial charge on any atom is 0.273 e. The molecular weight excluding hydrogens is 405 g/mol. The zero-order valence-corrected chi connectivity index (χ0v) is 16.3. The van der Waals surface area contributed by atoms with Gasteiger partial charge >= 0.3 is 0 Å². The van der Waals surface area contributed by atoms with Crippen molar-refractivity contribution in [2.24, 2.45) is 5.14 Å². The number of rotatable bonds is 5. The topological polar surface area (TPSA) is 77.1 Å². The van der Waals surface area contributed by atoms with E-state index in [2.05, 4.69) is 5.32 Å². The number of hydrogen-bond donors (Lipinski definition) is 2. The quantitative estimate of drug-likeness (QED) is 0.604. The second kappa shape index (κ2) is 8.63. The number of benzene rings is 2. The lowest BCUT2D eigenvalue weighted by Crippen LogP contribution is -2.19. The Balaban J connectivity index is 1.84. The molecule has 3 N–H and O–H groups in total. The SMILES string of the molecule is NSc1cc(NC(=O)Cc2ccccc2Cl)ccc1-n1cccc(Cl)c1=O. The monoisotopic (exact) mass is 419 g/mol. The molecule has 0 unspecified atom stereocenters. The van der Waals surface area contributed by atoms with Crippen LogP contribution in [0.5, 0.6) is 0 Å². The summed E-state index contributed by atoms with van der Waals surface area (Å²) in [6.45, 7) is 0. The number of amides is 1. The molecule has 0 radical (unpaired) electrons. The van der Waals surface area contributed by atoms with Gasteiger partial charge in [-0.25, -0.2) is 0 Å². The Kier molecular flexibility index (Phi) is 6.23. The van der Waals surface area contributed by atoms with Gasteiger partial charge in [-0.05, 0) is 53.9 Å². The zero-order chi connectivity index (χ0) is 19.4. The Morgan fingerprint density at radius 3 is 2.56 bits per heavy atom. The average Bonchev–Trinajstić information content (AvgIpc) is 2.66. The second-order valence-electron chi connectivity index (χ2n) is 5.65. The first-order chi connectivity index (χ1) is 13.0. The van der Waals surface area contributed by atoms with Gasteiger partial charge < -0.3 is 5.32 Å². The van der Waals surface area contributed by atoms with Crippen LogP contribution in [0.2, 0.25) is 10.0 Å². The van der Waals surface area contributed by atoms with Crippen LogP contribution in [0.15, 0.2) is 70.5 Å². The molecule has 1 amide bonds. The fourth-order valence-electron chi connectivity index (χ4n) is 2.56. The molecule has 2 aromatic carbocycles. The minimum Gasteiger partial charge on any atom is -0.326 e. The molecule has 0 fully saturated rings. The highest BCUT2D eigenvalue weighted by Gasteiger charge is 2.11. The molecule has 138 valence electrons. The summed E-state index contributed by atoms with van der Waals surface area (Å²) in [5.41, 5.74) is 1.55. The van der Waals surface area contributed by atoms with Crippen LogP contribution in [0.3, 0.4) is 0 Å². The minimum absolute atomic E-state index is 0.114. The molecule has 0 aliphatic heterocycles. The smallest absolute Gasteiger partial charge is 0.273 e. The van der Waals surface area contributed by atoms with Crippen molar-refractivity contribution >= 4 is 46.7 Å². The molecule has 3 aromatic rings. The van der Waals surface area contributed by atoms with Gasteiger partial charge in [0.25, 0.3) is 5.56 Å². The molecule has 0 spiro atoms. The number of nitrogens with one attached hydrogen (secondary N) is 1. The Bertz CT molecular complexity index is 1050. The van der Waals surface area contributed by atoms with Crippen molar-refractivity contribution in [3.05, 3.63) is 86.8 Å². The van der Waals surface area contributed by atoms with Crippen molar-refractivity contribution in [1.29, 1.82) is 0 Å². The number of aromatic nitrogens is 1. The van der Waals surface area contributed by atoms with Crippen molar-refractivity contribution in [1.82, 2.24) is 4.57 Å². The lowest BCUT2D eigenvalue weighted by atomic mass is 10.1. The summed E-state index contributed by atoms with van der Waals surface area (Å²) in [6, 6.07) is 15.5. The molecule has 0 saturated heterocycles. The van der Waals surface area contributed by atoms with Gasteiger partial charge in [-0.1, -0.05) is 41.4 Å². The summed E-state index contributed by atoms with van der Waals surface area (Å²) in [4.78, 5) is 25.2. The van der Waals surface area contributed by atoms with Gasteiger partial charge in [0.1, 0.15) is 5.02 Å². The first-order valence-corrected chi connectivity index (χ1v) is 9.54. The number of hydrogen-bond acceptors (Lipinski definition) is 4. The van der Waals surface area contributed by atoms with Crippen molar-refractivity contribution in [3.8, 4) is 5.69 Å². The molecule has 8 heteroatoms. The number of pyridine rings is 1. The van der Waals surface area contributed by atoms with Crippen molar-refractivity contribution in [2.75, 3.05) is 5.32 Å². The van der Waals surface area contributed by atoms with E-state index >= 15 is 0 Å². The molecular formula is C19H15Cl2N3O2S. The fourth-order valence-corrected chi connectivity index (χ4v) is 3.41. The third-order valence-electron chi connectivity index (χ3n) is 3.84. The normalized spacial score (nSPS) is 10.6. The van der Waals surface area contributed by atoms with Crippen molar-refractivity contribution in [3.63, 3.8) is 0 Å². The first kappa shape index (κ1) is 19.5. The molecule has 0 saturated carbocycles.